The van der Waals surface area contributed by atoms with Crippen molar-refractivity contribution in [3.05, 3.63) is 30.1 Å². The van der Waals surface area contributed by atoms with E-state index in [1.54, 1.807) is 18.3 Å². The summed E-state index contributed by atoms with van der Waals surface area (Å²) in [6, 6.07) is 5.62. The van der Waals surface area contributed by atoms with Crippen LogP contribution < -0.4 is 10.1 Å². The number of aliphatic hydroxyl groups excluding tert-OH is 2. The Hall–Kier alpha value is -2.78. The van der Waals surface area contributed by atoms with Gasteiger partial charge in [-0.3, -0.25) is 0 Å². The Morgan fingerprint density at radius 3 is 2.74 bits per heavy atom. The van der Waals surface area contributed by atoms with Gasteiger partial charge in [0.1, 0.15) is 5.69 Å². The van der Waals surface area contributed by atoms with Crippen LogP contribution in [0.4, 0.5) is 5.95 Å². The van der Waals surface area contributed by atoms with Gasteiger partial charge in [-0.05, 0) is 37.8 Å². The maximum Gasteiger partial charge on any atom is 0.233 e. The first-order valence-corrected chi connectivity index (χ1v) is 8.99. The van der Waals surface area contributed by atoms with Crippen molar-refractivity contribution in [3.8, 4) is 17.1 Å². The van der Waals surface area contributed by atoms with Crippen LogP contribution in [0.1, 0.15) is 31.4 Å². The number of nitrogens with zero attached hydrogens (tertiary/aromatic N) is 5. The minimum Gasteiger partial charge on any atom is -0.480 e. The summed E-state index contributed by atoms with van der Waals surface area (Å²) in [6.45, 7) is -0.228. The number of aliphatic hydroxyl groups is 2. The van der Waals surface area contributed by atoms with Gasteiger partial charge in [0.25, 0.3) is 0 Å². The van der Waals surface area contributed by atoms with Crippen LogP contribution in [-0.4, -0.2) is 54.3 Å². The lowest BCUT2D eigenvalue weighted by Crippen LogP contribution is -2.28. The molecule has 9 heteroatoms. The average Bonchev–Trinajstić information content (AvgIpc) is 3.07. The third kappa shape index (κ3) is 3.56. The van der Waals surface area contributed by atoms with Crippen molar-refractivity contribution < 1.29 is 14.9 Å². The number of anilines is 1. The number of nitrogens with one attached hydrogen (secondary N) is 1. The molecule has 3 aromatic rings. The number of fused-ring (bicyclic) bond motifs is 1. The van der Waals surface area contributed by atoms with E-state index >= 15 is 0 Å². The first kappa shape index (κ1) is 17.6. The van der Waals surface area contributed by atoms with Crippen LogP contribution in [0.2, 0.25) is 0 Å². The van der Waals surface area contributed by atoms with Crippen molar-refractivity contribution in [2.75, 3.05) is 12.4 Å². The second kappa shape index (κ2) is 7.45. The first-order chi connectivity index (χ1) is 13.2. The van der Waals surface area contributed by atoms with E-state index < -0.39 is 0 Å². The van der Waals surface area contributed by atoms with Crippen LogP contribution in [0.25, 0.3) is 16.8 Å². The van der Waals surface area contributed by atoms with E-state index in [0.29, 0.717) is 23.2 Å². The van der Waals surface area contributed by atoms with Gasteiger partial charge < -0.3 is 20.3 Å². The molecule has 4 rings (SSSR count). The van der Waals surface area contributed by atoms with Gasteiger partial charge in [0.15, 0.2) is 0 Å². The molecule has 0 bridgehead atoms. The summed E-state index contributed by atoms with van der Waals surface area (Å²) >= 11 is 0. The van der Waals surface area contributed by atoms with Gasteiger partial charge in [-0.1, -0.05) is 0 Å². The molecular weight excluding hydrogens is 348 g/mol. The fourth-order valence-corrected chi connectivity index (χ4v) is 3.44. The summed E-state index contributed by atoms with van der Waals surface area (Å²) in [7, 11) is 1.54. The van der Waals surface area contributed by atoms with Gasteiger partial charge in [-0.2, -0.15) is 5.10 Å². The summed E-state index contributed by atoms with van der Waals surface area (Å²) in [4.78, 5) is 8.94. The molecule has 1 aliphatic carbocycles. The highest BCUT2D eigenvalue weighted by molar-refractivity contribution is 5.80. The third-order valence-electron chi connectivity index (χ3n) is 4.85. The second-order valence-electron chi connectivity index (χ2n) is 6.65. The van der Waals surface area contributed by atoms with E-state index in [9.17, 15) is 10.2 Å². The van der Waals surface area contributed by atoms with Crippen LogP contribution in [0.3, 0.4) is 0 Å². The number of rotatable bonds is 5. The number of ether oxygens (including phenoxy) is 1. The molecule has 0 aliphatic heterocycles. The smallest absolute Gasteiger partial charge is 0.233 e. The first-order valence-electron chi connectivity index (χ1n) is 8.99. The molecule has 9 nitrogen and oxygen atoms in total. The van der Waals surface area contributed by atoms with Crippen LogP contribution in [0, 0.1) is 0 Å². The molecule has 3 N–H and O–H groups in total. The van der Waals surface area contributed by atoms with Crippen molar-refractivity contribution in [2.45, 2.75) is 44.4 Å². The molecule has 0 atom stereocenters. The van der Waals surface area contributed by atoms with Gasteiger partial charge in [-0.25, -0.2) is 9.97 Å². The van der Waals surface area contributed by atoms with E-state index in [1.165, 1.54) is 11.7 Å². The number of aromatic nitrogens is 5. The molecule has 1 fully saturated rings. The summed E-state index contributed by atoms with van der Waals surface area (Å²) in [5.41, 5.74) is 2.60. The molecule has 27 heavy (non-hydrogen) atoms. The van der Waals surface area contributed by atoms with Gasteiger partial charge in [0.2, 0.25) is 11.8 Å². The maximum absolute atomic E-state index is 9.74. The Morgan fingerprint density at radius 1 is 1.19 bits per heavy atom. The lowest BCUT2D eigenvalue weighted by molar-refractivity contribution is 0.126. The lowest BCUT2D eigenvalue weighted by Gasteiger charge is -2.26. The Morgan fingerprint density at radius 2 is 2.00 bits per heavy atom. The number of hydrogen-bond donors (Lipinski definition) is 3. The van der Waals surface area contributed by atoms with Crippen LogP contribution >= 0.6 is 0 Å². The van der Waals surface area contributed by atoms with E-state index in [1.807, 2.05) is 6.07 Å². The minimum absolute atomic E-state index is 0.203. The van der Waals surface area contributed by atoms with E-state index in [4.69, 9.17) is 4.74 Å². The SMILES string of the molecule is COc1ccc2c(-c3ccnc(NC4CCC(O)CC4)n3)c(CO)nn2n1. The van der Waals surface area contributed by atoms with Crippen molar-refractivity contribution in [3.63, 3.8) is 0 Å². The minimum atomic E-state index is -0.228. The molecule has 0 spiro atoms. The molecular formula is C18H22N6O3. The van der Waals surface area contributed by atoms with Gasteiger partial charge >= 0.3 is 0 Å². The predicted octanol–water partition coefficient (Wildman–Crippen LogP) is 1.40. The van der Waals surface area contributed by atoms with E-state index in [0.717, 1.165) is 36.8 Å². The molecule has 3 heterocycles. The zero-order chi connectivity index (χ0) is 18.8. The Labute approximate surface area is 156 Å². The lowest BCUT2D eigenvalue weighted by atomic mass is 9.93. The Balaban J connectivity index is 1.67. The summed E-state index contributed by atoms with van der Waals surface area (Å²) in [5.74, 6) is 0.962. The summed E-state index contributed by atoms with van der Waals surface area (Å²) < 4.78 is 6.58. The molecule has 0 radical (unpaired) electrons. The summed E-state index contributed by atoms with van der Waals surface area (Å²) in [5, 5.41) is 31.3. The maximum atomic E-state index is 9.74. The molecule has 0 aromatic carbocycles. The third-order valence-corrected chi connectivity index (χ3v) is 4.85. The summed E-state index contributed by atoms with van der Waals surface area (Å²) in [6.07, 6.45) is 4.82. The molecule has 0 amide bonds. The van der Waals surface area contributed by atoms with Gasteiger partial charge in [-0.15, -0.1) is 9.73 Å². The molecule has 1 aliphatic rings. The van der Waals surface area contributed by atoms with Gasteiger partial charge in [0.05, 0.1) is 36.6 Å². The monoisotopic (exact) mass is 370 g/mol. The number of hydrogen-bond acceptors (Lipinski definition) is 8. The Kier molecular flexibility index (Phi) is 4.87. The zero-order valence-electron chi connectivity index (χ0n) is 15.0. The molecule has 142 valence electrons. The highest BCUT2D eigenvalue weighted by Crippen LogP contribution is 2.28. The molecule has 0 saturated heterocycles. The molecule has 3 aromatic heterocycles. The van der Waals surface area contributed by atoms with Crippen molar-refractivity contribution in [2.24, 2.45) is 0 Å². The van der Waals surface area contributed by atoms with E-state index in [-0.39, 0.29) is 18.8 Å². The van der Waals surface area contributed by atoms with E-state index in [2.05, 4.69) is 25.5 Å². The van der Waals surface area contributed by atoms with Crippen molar-refractivity contribution in [1.82, 2.24) is 24.8 Å². The Bertz CT molecular complexity index is 936. The van der Waals surface area contributed by atoms with Crippen molar-refractivity contribution >= 4 is 11.5 Å². The van der Waals surface area contributed by atoms with Gasteiger partial charge in [0, 0.05) is 18.3 Å². The average molecular weight is 370 g/mol. The van der Waals surface area contributed by atoms with Crippen molar-refractivity contribution in [1.29, 1.82) is 0 Å². The fraction of sp³-hybridized carbons (Fsp3) is 0.444. The van der Waals surface area contributed by atoms with Crippen LogP contribution in [-0.2, 0) is 6.61 Å². The molecule has 0 unspecified atom stereocenters. The topological polar surface area (TPSA) is 118 Å². The molecule has 1 saturated carbocycles. The standard InChI is InChI=1S/C18H22N6O3/c1-27-16-7-6-15-17(14(10-25)22-24(15)23-16)13-8-9-19-18(21-13)20-11-2-4-12(26)5-3-11/h6-9,11-12,25-26H,2-5,10H2,1H3,(H,19,20,21). The zero-order valence-corrected chi connectivity index (χ0v) is 15.0. The fourth-order valence-electron chi connectivity index (χ4n) is 3.44. The van der Waals surface area contributed by atoms with Crippen LogP contribution in [0.5, 0.6) is 5.88 Å². The highest BCUT2D eigenvalue weighted by atomic mass is 16.5. The van der Waals surface area contributed by atoms with Crippen LogP contribution in [0.15, 0.2) is 24.4 Å². The quantitative estimate of drug-likeness (QED) is 0.617. The highest BCUT2D eigenvalue weighted by Gasteiger charge is 2.21. The predicted molar refractivity (Wildman–Crippen MR) is 98.4 cm³/mol. The largest absolute Gasteiger partial charge is 0.480 e. The normalized spacial score (nSPS) is 20.0. The second-order valence-corrected chi connectivity index (χ2v) is 6.65. The number of methoxy groups -OCH3 is 1.